The van der Waals surface area contributed by atoms with Gasteiger partial charge in [-0.3, -0.25) is 14.9 Å². The van der Waals surface area contributed by atoms with Crippen molar-refractivity contribution in [2.24, 2.45) is 5.92 Å². The molecule has 0 aromatic heterocycles. The summed E-state index contributed by atoms with van der Waals surface area (Å²) in [7, 11) is 1.20. The van der Waals surface area contributed by atoms with Crippen molar-refractivity contribution in [2.45, 2.75) is 26.3 Å². The summed E-state index contributed by atoms with van der Waals surface area (Å²) < 4.78 is 9.41. The van der Waals surface area contributed by atoms with Crippen molar-refractivity contribution in [3.63, 3.8) is 0 Å². The lowest BCUT2D eigenvalue weighted by atomic mass is 10.0. The lowest BCUT2D eigenvalue weighted by Gasteiger charge is -2.18. The van der Waals surface area contributed by atoms with Crippen LogP contribution in [0.3, 0.4) is 0 Å². The Kier molecular flexibility index (Phi) is 7.51. The number of ether oxygens (including phenoxy) is 2. The van der Waals surface area contributed by atoms with E-state index in [9.17, 15) is 24.5 Å². The predicted octanol–water partition coefficient (Wildman–Crippen LogP) is 1.46. The Morgan fingerprint density at radius 2 is 1.88 bits per heavy atom. The van der Waals surface area contributed by atoms with Crippen LogP contribution < -0.4 is 5.32 Å². The number of nitrogens with one attached hydrogen (secondary N) is 1. The normalized spacial score (nSPS) is 11.5. The second kappa shape index (κ2) is 9.36. The Morgan fingerprint density at radius 3 is 2.44 bits per heavy atom. The molecule has 1 aromatic rings. The maximum absolute atomic E-state index is 11.9. The van der Waals surface area contributed by atoms with Gasteiger partial charge in [0, 0.05) is 6.07 Å². The first-order valence-electron chi connectivity index (χ1n) is 7.54. The quantitative estimate of drug-likeness (QED) is 0.426. The van der Waals surface area contributed by atoms with Crippen LogP contribution in [-0.4, -0.2) is 42.5 Å². The molecule has 0 saturated carbocycles. The molecule has 9 nitrogen and oxygen atoms in total. The van der Waals surface area contributed by atoms with Crippen molar-refractivity contribution in [1.82, 2.24) is 5.32 Å². The summed E-state index contributed by atoms with van der Waals surface area (Å²) in [6.45, 7) is 3.07. The average Bonchev–Trinajstić information content (AvgIpc) is 2.57. The third-order valence-corrected chi connectivity index (χ3v) is 3.18. The van der Waals surface area contributed by atoms with Gasteiger partial charge in [-0.25, -0.2) is 9.59 Å². The molecular formula is C16H20N2O7. The van der Waals surface area contributed by atoms with Crippen molar-refractivity contribution < 1.29 is 28.8 Å². The number of hydrogen-bond donors (Lipinski definition) is 1. The minimum Gasteiger partial charge on any atom is -0.467 e. The molecule has 1 N–H and O–H groups in total. The molecule has 0 saturated heterocycles. The van der Waals surface area contributed by atoms with Gasteiger partial charge in [-0.15, -0.1) is 0 Å². The molecule has 1 amide bonds. The Labute approximate surface area is 144 Å². The van der Waals surface area contributed by atoms with Gasteiger partial charge in [0.1, 0.15) is 11.6 Å². The highest BCUT2D eigenvalue weighted by atomic mass is 16.6. The number of nitro groups is 1. The Hall–Kier alpha value is -2.97. The molecule has 0 aliphatic rings. The van der Waals surface area contributed by atoms with Crippen molar-refractivity contribution in [3.05, 3.63) is 39.9 Å². The van der Waals surface area contributed by atoms with Gasteiger partial charge >= 0.3 is 11.9 Å². The number of rotatable bonds is 8. The van der Waals surface area contributed by atoms with Crippen LogP contribution in [0.25, 0.3) is 0 Å². The second-order valence-corrected chi connectivity index (χ2v) is 5.62. The van der Waals surface area contributed by atoms with Crippen LogP contribution in [0.2, 0.25) is 0 Å². The van der Waals surface area contributed by atoms with Gasteiger partial charge in [0.25, 0.3) is 11.6 Å². The van der Waals surface area contributed by atoms with Gasteiger partial charge in [0.05, 0.1) is 12.0 Å². The van der Waals surface area contributed by atoms with E-state index < -0.39 is 41.1 Å². The van der Waals surface area contributed by atoms with E-state index in [1.54, 1.807) is 0 Å². The predicted molar refractivity (Wildman–Crippen MR) is 86.8 cm³/mol. The summed E-state index contributed by atoms with van der Waals surface area (Å²) in [5.74, 6) is -2.19. The first kappa shape index (κ1) is 20.1. The number of nitrogens with zero attached hydrogens (tertiary/aromatic N) is 1. The van der Waals surface area contributed by atoms with E-state index in [1.807, 2.05) is 13.8 Å². The van der Waals surface area contributed by atoms with E-state index in [4.69, 9.17) is 4.74 Å². The van der Waals surface area contributed by atoms with Crippen LogP contribution in [0.15, 0.2) is 24.3 Å². The second-order valence-electron chi connectivity index (χ2n) is 5.62. The van der Waals surface area contributed by atoms with Crippen LogP contribution in [0, 0.1) is 16.0 Å². The fraction of sp³-hybridized carbons (Fsp3) is 0.438. The maximum atomic E-state index is 11.9. The Balaban J connectivity index is 2.68. The fourth-order valence-corrected chi connectivity index (χ4v) is 2.08. The molecule has 0 aliphatic carbocycles. The molecule has 0 radical (unpaired) electrons. The molecule has 9 heteroatoms. The van der Waals surface area contributed by atoms with E-state index in [-0.39, 0.29) is 11.5 Å². The molecule has 0 unspecified atom stereocenters. The number of carbonyl (C=O) groups excluding carboxylic acids is 3. The smallest absolute Gasteiger partial charge is 0.345 e. The highest BCUT2D eigenvalue weighted by Gasteiger charge is 2.24. The third-order valence-electron chi connectivity index (χ3n) is 3.18. The van der Waals surface area contributed by atoms with E-state index in [0.717, 1.165) is 6.07 Å². The van der Waals surface area contributed by atoms with Gasteiger partial charge in [0.15, 0.2) is 6.61 Å². The summed E-state index contributed by atoms with van der Waals surface area (Å²) in [4.78, 5) is 45.6. The van der Waals surface area contributed by atoms with Crippen LogP contribution in [0.4, 0.5) is 5.69 Å². The summed E-state index contributed by atoms with van der Waals surface area (Å²) in [6, 6.07) is 4.39. The minimum atomic E-state index is -0.999. The molecule has 0 aliphatic heterocycles. The van der Waals surface area contributed by atoms with Crippen LogP contribution >= 0.6 is 0 Å². The van der Waals surface area contributed by atoms with Crippen molar-refractivity contribution >= 4 is 23.5 Å². The number of benzene rings is 1. The molecule has 1 rings (SSSR count). The number of amides is 1. The van der Waals surface area contributed by atoms with Crippen LogP contribution in [0.1, 0.15) is 30.6 Å². The molecule has 0 spiro atoms. The van der Waals surface area contributed by atoms with Gasteiger partial charge in [-0.2, -0.15) is 0 Å². The summed E-state index contributed by atoms with van der Waals surface area (Å²) in [6.07, 6.45) is 0.358. The largest absolute Gasteiger partial charge is 0.467 e. The number of para-hydroxylation sites is 1. The standard InChI is InChI=1S/C16H20N2O7/c1-10(2)8-12(16(21)24-3)17-14(19)9-25-15(20)11-6-4-5-7-13(11)18(22)23/h4-7,10,12H,8-9H2,1-3H3,(H,17,19)/t12-/m0/s1. The molecule has 0 bridgehead atoms. The highest BCUT2D eigenvalue weighted by molar-refractivity contribution is 5.95. The highest BCUT2D eigenvalue weighted by Crippen LogP contribution is 2.18. The van der Waals surface area contributed by atoms with Gasteiger partial charge in [0.2, 0.25) is 0 Å². The first-order chi connectivity index (χ1) is 11.8. The lowest BCUT2D eigenvalue weighted by molar-refractivity contribution is -0.385. The number of hydrogen-bond acceptors (Lipinski definition) is 7. The van der Waals surface area contributed by atoms with Crippen molar-refractivity contribution in [2.75, 3.05) is 13.7 Å². The Bertz CT molecular complexity index is 658. The average molecular weight is 352 g/mol. The number of esters is 2. The van der Waals surface area contributed by atoms with E-state index in [0.29, 0.717) is 6.42 Å². The zero-order valence-corrected chi connectivity index (χ0v) is 14.2. The number of nitro benzene ring substituents is 1. The summed E-state index contributed by atoms with van der Waals surface area (Å²) in [5.41, 5.74) is -0.674. The van der Waals surface area contributed by atoms with E-state index >= 15 is 0 Å². The van der Waals surface area contributed by atoms with Crippen molar-refractivity contribution in [3.8, 4) is 0 Å². The molecule has 1 aromatic carbocycles. The van der Waals surface area contributed by atoms with Gasteiger partial charge in [-0.05, 0) is 18.4 Å². The summed E-state index contributed by atoms with van der Waals surface area (Å²) in [5, 5.41) is 13.3. The van der Waals surface area contributed by atoms with Crippen LogP contribution in [0.5, 0.6) is 0 Å². The summed E-state index contributed by atoms with van der Waals surface area (Å²) >= 11 is 0. The van der Waals surface area contributed by atoms with Gasteiger partial charge < -0.3 is 14.8 Å². The zero-order chi connectivity index (χ0) is 19.0. The van der Waals surface area contributed by atoms with Crippen LogP contribution in [-0.2, 0) is 19.1 Å². The topological polar surface area (TPSA) is 125 Å². The maximum Gasteiger partial charge on any atom is 0.345 e. The number of carbonyl (C=O) groups is 3. The van der Waals surface area contributed by atoms with E-state index in [1.165, 1.54) is 25.3 Å². The third kappa shape index (κ3) is 6.21. The number of methoxy groups -OCH3 is 1. The lowest BCUT2D eigenvalue weighted by Crippen LogP contribution is -2.44. The van der Waals surface area contributed by atoms with Crippen molar-refractivity contribution in [1.29, 1.82) is 0 Å². The molecule has 1 atom stereocenters. The minimum absolute atomic E-state index is 0.124. The molecule has 136 valence electrons. The molecular weight excluding hydrogens is 332 g/mol. The molecule has 0 fully saturated rings. The molecule has 0 heterocycles. The fourth-order valence-electron chi connectivity index (χ4n) is 2.08. The Morgan fingerprint density at radius 1 is 1.24 bits per heavy atom. The monoisotopic (exact) mass is 352 g/mol. The molecule has 25 heavy (non-hydrogen) atoms. The van der Waals surface area contributed by atoms with Gasteiger partial charge in [-0.1, -0.05) is 26.0 Å². The SMILES string of the molecule is COC(=O)[C@H](CC(C)C)NC(=O)COC(=O)c1ccccc1[N+](=O)[O-]. The zero-order valence-electron chi connectivity index (χ0n) is 14.2. The first-order valence-corrected chi connectivity index (χ1v) is 7.54. The van der Waals surface area contributed by atoms with E-state index in [2.05, 4.69) is 10.1 Å².